The van der Waals surface area contributed by atoms with Crippen LogP contribution in [0.25, 0.3) is 0 Å². The van der Waals surface area contributed by atoms with Gasteiger partial charge in [-0.1, -0.05) is 19.1 Å². The lowest BCUT2D eigenvalue weighted by atomic mass is 9.93. The lowest BCUT2D eigenvalue weighted by Gasteiger charge is -2.21. The molecule has 1 aliphatic carbocycles. The maximum atomic E-state index is 3.65. The maximum absolute atomic E-state index is 3.65. The van der Waals surface area contributed by atoms with Crippen LogP contribution >= 0.6 is 0 Å². The highest BCUT2D eigenvalue weighted by molar-refractivity contribution is 5.39. The van der Waals surface area contributed by atoms with Gasteiger partial charge in [-0.15, -0.1) is 0 Å². The maximum Gasteiger partial charge on any atom is 0.0351 e. The summed E-state index contributed by atoms with van der Waals surface area (Å²) in [5.41, 5.74) is 5.80. The van der Waals surface area contributed by atoms with Gasteiger partial charge in [-0.2, -0.15) is 0 Å². The molecule has 0 bridgehead atoms. The van der Waals surface area contributed by atoms with Gasteiger partial charge in [0, 0.05) is 6.04 Å². The van der Waals surface area contributed by atoms with E-state index in [1.165, 1.54) is 35.1 Å². The SMILES string of the molecule is CCNC(c1cc(C)c(C)cc1C)C1CC1. The van der Waals surface area contributed by atoms with Gasteiger partial charge in [0.05, 0.1) is 0 Å². The Kier molecular flexibility index (Phi) is 3.34. The van der Waals surface area contributed by atoms with E-state index in [0.29, 0.717) is 6.04 Å². The molecular weight excluding hydrogens is 194 g/mol. The summed E-state index contributed by atoms with van der Waals surface area (Å²) in [7, 11) is 0. The van der Waals surface area contributed by atoms with Gasteiger partial charge in [0.1, 0.15) is 0 Å². The molecule has 16 heavy (non-hydrogen) atoms. The first-order valence-electron chi connectivity index (χ1n) is 6.44. The van der Waals surface area contributed by atoms with Gasteiger partial charge < -0.3 is 5.32 Å². The second-order valence-corrected chi connectivity index (χ2v) is 5.17. The minimum atomic E-state index is 0.587. The number of benzene rings is 1. The normalized spacial score (nSPS) is 17.5. The van der Waals surface area contributed by atoms with Gasteiger partial charge in [-0.05, 0) is 68.3 Å². The van der Waals surface area contributed by atoms with Gasteiger partial charge in [0.15, 0.2) is 0 Å². The molecule has 1 atom stereocenters. The van der Waals surface area contributed by atoms with E-state index in [2.05, 4.69) is 45.1 Å². The number of hydrogen-bond acceptors (Lipinski definition) is 1. The molecule has 0 radical (unpaired) electrons. The molecule has 1 aliphatic rings. The van der Waals surface area contributed by atoms with E-state index in [4.69, 9.17) is 0 Å². The number of nitrogens with one attached hydrogen (secondary N) is 1. The zero-order valence-electron chi connectivity index (χ0n) is 10.9. The summed E-state index contributed by atoms with van der Waals surface area (Å²) < 4.78 is 0. The predicted octanol–water partition coefficient (Wildman–Crippen LogP) is 3.67. The fourth-order valence-corrected chi connectivity index (χ4v) is 2.50. The van der Waals surface area contributed by atoms with Crippen LogP contribution in [-0.4, -0.2) is 6.54 Å². The van der Waals surface area contributed by atoms with Crippen molar-refractivity contribution in [1.29, 1.82) is 0 Å². The summed E-state index contributed by atoms with van der Waals surface area (Å²) in [5, 5.41) is 3.65. The molecule has 0 aliphatic heterocycles. The van der Waals surface area contributed by atoms with E-state index in [0.717, 1.165) is 12.5 Å². The molecule has 0 amide bonds. The highest BCUT2D eigenvalue weighted by Gasteiger charge is 2.32. The quantitative estimate of drug-likeness (QED) is 0.811. The first-order chi connectivity index (χ1) is 7.63. The van der Waals surface area contributed by atoms with Crippen LogP contribution in [0.4, 0.5) is 0 Å². The Morgan fingerprint density at radius 2 is 1.75 bits per heavy atom. The molecule has 0 spiro atoms. The van der Waals surface area contributed by atoms with Crippen LogP contribution in [0, 0.1) is 26.7 Å². The highest BCUT2D eigenvalue weighted by Crippen LogP contribution is 2.42. The molecule has 88 valence electrons. The van der Waals surface area contributed by atoms with Gasteiger partial charge in [-0.25, -0.2) is 0 Å². The van der Waals surface area contributed by atoms with E-state index < -0.39 is 0 Å². The molecule has 1 heteroatoms. The first kappa shape index (κ1) is 11.7. The summed E-state index contributed by atoms with van der Waals surface area (Å²) in [5.74, 6) is 0.876. The molecule has 1 saturated carbocycles. The van der Waals surface area contributed by atoms with Crippen molar-refractivity contribution < 1.29 is 0 Å². The molecule has 2 rings (SSSR count). The Labute approximate surface area is 99.3 Å². The van der Waals surface area contributed by atoms with Crippen molar-refractivity contribution in [3.63, 3.8) is 0 Å². The Bertz CT molecular complexity index is 377. The van der Waals surface area contributed by atoms with Gasteiger partial charge in [0.2, 0.25) is 0 Å². The summed E-state index contributed by atoms with van der Waals surface area (Å²) in [6, 6.07) is 5.30. The Hall–Kier alpha value is -0.820. The molecule has 0 saturated heterocycles. The third kappa shape index (κ3) is 2.30. The Morgan fingerprint density at radius 1 is 1.12 bits per heavy atom. The lowest BCUT2D eigenvalue weighted by Crippen LogP contribution is -2.23. The van der Waals surface area contributed by atoms with E-state index in [1.54, 1.807) is 0 Å². The van der Waals surface area contributed by atoms with Crippen molar-refractivity contribution in [1.82, 2.24) is 5.32 Å². The highest BCUT2D eigenvalue weighted by atomic mass is 14.9. The van der Waals surface area contributed by atoms with Crippen molar-refractivity contribution in [2.75, 3.05) is 6.54 Å². The number of hydrogen-bond donors (Lipinski definition) is 1. The van der Waals surface area contributed by atoms with Gasteiger partial charge in [-0.3, -0.25) is 0 Å². The predicted molar refractivity (Wildman–Crippen MR) is 69.8 cm³/mol. The van der Waals surface area contributed by atoms with Gasteiger partial charge in [0.25, 0.3) is 0 Å². The van der Waals surface area contributed by atoms with E-state index in [9.17, 15) is 0 Å². The number of rotatable bonds is 4. The summed E-state index contributed by atoms with van der Waals surface area (Å²) in [6.45, 7) is 9.92. The largest absolute Gasteiger partial charge is 0.310 e. The second kappa shape index (κ2) is 4.58. The molecule has 0 heterocycles. The van der Waals surface area contributed by atoms with Crippen LogP contribution in [0.15, 0.2) is 12.1 Å². The van der Waals surface area contributed by atoms with Crippen LogP contribution in [-0.2, 0) is 0 Å². The number of aryl methyl sites for hydroxylation is 3. The summed E-state index contributed by atoms with van der Waals surface area (Å²) >= 11 is 0. The van der Waals surface area contributed by atoms with Crippen LogP contribution in [0.1, 0.15) is 48.1 Å². The van der Waals surface area contributed by atoms with Crippen molar-refractivity contribution >= 4 is 0 Å². The zero-order chi connectivity index (χ0) is 11.7. The van der Waals surface area contributed by atoms with E-state index >= 15 is 0 Å². The monoisotopic (exact) mass is 217 g/mol. The van der Waals surface area contributed by atoms with E-state index in [-0.39, 0.29) is 0 Å². The second-order valence-electron chi connectivity index (χ2n) is 5.17. The summed E-state index contributed by atoms with van der Waals surface area (Å²) in [4.78, 5) is 0. The zero-order valence-corrected chi connectivity index (χ0v) is 10.9. The average molecular weight is 217 g/mol. The van der Waals surface area contributed by atoms with E-state index in [1.807, 2.05) is 0 Å². The third-order valence-electron chi connectivity index (χ3n) is 3.73. The molecule has 1 fully saturated rings. The van der Waals surface area contributed by atoms with Gasteiger partial charge >= 0.3 is 0 Å². The summed E-state index contributed by atoms with van der Waals surface area (Å²) in [6.07, 6.45) is 2.79. The molecule has 1 aromatic rings. The standard InChI is InChI=1S/C15H23N/c1-5-16-15(13-6-7-13)14-9-11(3)10(2)8-12(14)4/h8-9,13,15-16H,5-7H2,1-4H3. The molecule has 1 nitrogen and oxygen atoms in total. The molecule has 1 N–H and O–H groups in total. The lowest BCUT2D eigenvalue weighted by molar-refractivity contribution is 0.494. The third-order valence-corrected chi connectivity index (χ3v) is 3.73. The van der Waals surface area contributed by atoms with Crippen LogP contribution < -0.4 is 5.32 Å². The van der Waals surface area contributed by atoms with Crippen LogP contribution in [0.5, 0.6) is 0 Å². The fourth-order valence-electron chi connectivity index (χ4n) is 2.50. The fraction of sp³-hybridized carbons (Fsp3) is 0.600. The average Bonchev–Trinajstić information content (AvgIpc) is 3.04. The molecule has 1 unspecified atom stereocenters. The van der Waals surface area contributed by atoms with Crippen molar-refractivity contribution in [3.8, 4) is 0 Å². The smallest absolute Gasteiger partial charge is 0.0351 e. The topological polar surface area (TPSA) is 12.0 Å². The molecular formula is C15H23N. The van der Waals surface area contributed by atoms with Crippen LogP contribution in [0.2, 0.25) is 0 Å². The van der Waals surface area contributed by atoms with Crippen LogP contribution in [0.3, 0.4) is 0 Å². The minimum Gasteiger partial charge on any atom is -0.310 e. The van der Waals surface area contributed by atoms with Crippen molar-refractivity contribution in [2.24, 2.45) is 5.92 Å². The molecule has 0 aromatic heterocycles. The van der Waals surface area contributed by atoms with Crippen molar-refractivity contribution in [2.45, 2.75) is 46.6 Å². The minimum absolute atomic E-state index is 0.587. The Morgan fingerprint density at radius 3 is 2.31 bits per heavy atom. The first-order valence-corrected chi connectivity index (χ1v) is 6.44. The Balaban J connectivity index is 2.32. The van der Waals surface area contributed by atoms with Crippen molar-refractivity contribution in [3.05, 3.63) is 34.4 Å². The molecule has 1 aromatic carbocycles.